The Labute approximate surface area is 133 Å². The summed E-state index contributed by atoms with van der Waals surface area (Å²) in [6.07, 6.45) is 0. The van der Waals surface area contributed by atoms with E-state index in [1.54, 1.807) is 6.07 Å². The molecule has 0 aliphatic heterocycles. The fourth-order valence-corrected chi connectivity index (χ4v) is 3.75. The van der Waals surface area contributed by atoms with Crippen molar-refractivity contribution in [3.05, 3.63) is 71.6 Å². The van der Waals surface area contributed by atoms with Crippen LogP contribution < -0.4 is 0 Å². The molecule has 0 bridgehead atoms. The third-order valence-corrected chi connectivity index (χ3v) is 4.87. The molecular formula is C18H11ClS. The van der Waals surface area contributed by atoms with Crippen molar-refractivity contribution in [2.24, 2.45) is 0 Å². The van der Waals surface area contributed by atoms with E-state index < -0.39 is 0 Å². The van der Waals surface area contributed by atoms with E-state index in [1.165, 1.54) is 11.3 Å². The summed E-state index contributed by atoms with van der Waals surface area (Å²) in [4.78, 5) is 0. The van der Waals surface area contributed by atoms with Crippen LogP contribution in [0.15, 0.2) is 66.6 Å². The molecule has 0 amide bonds. The lowest BCUT2D eigenvalue weighted by Gasteiger charge is -2.01. The Bertz CT molecular complexity index is 1140. The fraction of sp³-hybridized carbons (Fsp3) is 0. The summed E-state index contributed by atoms with van der Waals surface area (Å²) < 4.78 is 41.6. The van der Waals surface area contributed by atoms with Gasteiger partial charge in [-0.15, -0.1) is 11.3 Å². The molecule has 0 fully saturated rings. The average molecular weight is 300 g/mol. The van der Waals surface area contributed by atoms with Crippen LogP contribution in [0.25, 0.3) is 31.3 Å². The van der Waals surface area contributed by atoms with Gasteiger partial charge >= 0.3 is 0 Å². The van der Waals surface area contributed by atoms with Gasteiger partial charge in [0.15, 0.2) is 0 Å². The van der Waals surface area contributed by atoms with Crippen molar-refractivity contribution < 1.29 is 6.85 Å². The molecule has 20 heavy (non-hydrogen) atoms. The maximum absolute atomic E-state index is 8.13. The predicted molar refractivity (Wildman–Crippen MR) is 89.8 cm³/mol. The van der Waals surface area contributed by atoms with Gasteiger partial charge in [-0.2, -0.15) is 0 Å². The Kier molecular flexibility index (Phi) is 1.81. The standard InChI is InChI=1S/C18H11ClS/c19-16-8-4-7-15-14-10-9-13(11-17(14)20-18(15)16)12-5-2-1-3-6-12/h1-11H/i1D,2D,3D,5D,6D. The van der Waals surface area contributed by atoms with E-state index in [0.29, 0.717) is 10.6 Å². The smallest absolute Gasteiger partial charge is 0.0629 e. The summed E-state index contributed by atoms with van der Waals surface area (Å²) in [5.41, 5.74) is 0.823. The minimum Gasteiger partial charge on any atom is -0.134 e. The second-order valence-corrected chi connectivity index (χ2v) is 5.89. The molecule has 4 rings (SSSR count). The maximum atomic E-state index is 8.13. The average Bonchev–Trinajstić information content (AvgIpc) is 2.98. The monoisotopic (exact) mass is 299 g/mol. The molecule has 0 nitrogen and oxygen atoms in total. The second kappa shape index (κ2) is 4.62. The normalized spacial score (nSPS) is 14.8. The Morgan fingerprint density at radius 1 is 0.900 bits per heavy atom. The van der Waals surface area contributed by atoms with Crippen LogP contribution in [0.5, 0.6) is 0 Å². The van der Waals surface area contributed by atoms with E-state index in [-0.39, 0.29) is 35.8 Å². The van der Waals surface area contributed by atoms with E-state index in [0.717, 1.165) is 20.2 Å². The number of hydrogen-bond donors (Lipinski definition) is 0. The van der Waals surface area contributed by atoms with Crippen molar-refractivity contribution in [1.29, 1.82) is 0 Å². The molecule has 96 valence electrons. The van der Waals surface area contributed by atoms with Crippen LogP contribution in [0.2, 0.25) is 5.02 Å². The molecule has 4 aromatic rings. The highest BCUT2D eigenvalue weighted by atomic mass is 35.5. The van der Waals surface area contributed by atoms with Crippen LogP contribution >= 0.6 is 22.9 Å². The zero-order valence-corrected chi connectivity index (χ0v) is 11.8. The highest BCUT2D eigenvalue weighted by Crippen LogP contribution is 2.39. The predicted octanol–water partition coefficient (Wildman–Crippen LogP) is 6.37. The van der Waals surface area contributed by atoms with E-state index in [9.17, 15) is 0 Å². The Hall–Kier alpha value is -1.83. The topological polar surface area (TPSA) is 0 Å². The highest BCUT2D eigenvalue weighted by molar-refractivity contribution is 7.26. The lowest BCUT2D eigenvalue weighted by molar-refractivity contribution is 1.66. The molecule has 0 spiro atoms. The van der Waals surface area contributed by atoms with Crippen LogP contribution in [-0.2, 0) is 0 Å². The molecular weight excluding hydrogens is 284 g/mol. The molecule has 0 radical (unpaired) electrons. The Balaban J connectivity index is 2.03. The van der Waals surface area contributed by atoms with Crippen LogP contribution in [0.1, 0.15) is 6.85 Å². The number of fused-ring (bicyclic) bond motifs is 3. The van der Waals surface area contributed by atoms with Gasteiger partial charge in [-0.25, -0.2) is 0 Å². The number of rotatable bonds is 1. The first kappa shape index (κ1) is 7.82. The lowest BCUT2D eigenvalue weighted by Crippen LogP contribution is -1.75. The molecule has 0 atom stereocenters. The van der Waals surface area contributed by atoms with Gasteiger partial charge in [-0.3, -0.25) is 0 Å². The molecule has 2 heteroatoms. The van der Waals surface area contributed by atoms with Gasteiger partial charge in [0.2, 0.25) is 0 Å². The second-order valence-electron chi connectivity index (χ2n) is 4.43. The minimum absolute atomic E-state index is 0.190. The van der Waals surface area contributed by atoms with Crippen LogP contribution in [0, 0.1) is 0 Å². The largest absolute Gasteiger partial charge is 0.134 e. The van der Waals surface area contributed by atoms with Gasteiger partial charge in [-0.1, -0.05) is 66.1 Å². The summed E-state index contributed by atoms with van der Waals surface area (Å²) in [5, 5.41) is 2.78. The number of hydrogen-bond acceptors (Lipinski definition) is 1. The fourth-order valence-electron chi connectivity index (χ4n) is 2.31. The third kappa shape index (κ3) is 1.82. The summed E-state index contributed by atoms with van der Waals surface area (Å²) in [6.45, 7) is 0. The van der Waals surface area contributed by atoms with Gasteiger partial charge in [0.05, 0.1) is 16.6 Å². The highest BCUT2D eigenvalue weighted by Gasteiger charge is 2.08. The molecule has 0 saturated carbocycles. The minimum atomic E-state index is -0.381. The Morgan fingerprint density at radius 2 is 1.75 bits per heavy atom. The molecule has 1 aromatic heterocycles. The van der Waals surface area contributed by atoms with Crippen molar-refractivity contribution in [3.8, 4) is 11.1 Å². The van der Waals surface area contributed by atoms with E-state index >= 15 is 0 Å². The van der Waals surface area contributed by atoms with Gasteiger partial charge in [-0.05, 0) is 23.3 Å². The van der Waals surface area contributed by atoms with Crippen molar-refractivity contribution in [3.63, 3.8) is 0 Å². The van der Waals surface area contributed by atoms with Crippen molar-refractivity contribution in [1.82, 2.24) is 0 Å². The molecule has 0 unspecified atom stereocenters. The zero-order valence-electron chi connectivity index (χ0n) is 15.3. The zero-order chi connectivity index (χ0) is 17.9. The van der Waals surface area contributed by atoms with Gasteiger partial charge < -0.3 is 0 Å². The first-order chi connectivity index (χ1) is 11.9. The molecule has 0 aliphatic carbocycles. The van der Waals surface area contributed by atoms with Crippen molar-refractivity contribution in [2.75, 3.05) is 0 Å². The molecule has 1 heterocycles. The SMILES string of the molecule is [2H]c1c([2H])c([2H])c(-c2ccc3c(c2)sc2c(Cl)cccc23)c([2H])c1[2H]. The summed E-state index contributed by atoms with van der Waals surface area (Å²) in [7, 11) is 0. The van der Waals surface area contributed by atoms with Crippen molar-refractivity contribution in [2.45, 2.75) is 0 Å². The molecule has 3 aromatic carbocycles. The number of halogens is 1. The summed E-state index contributed by atoms with van der Waals surface area (Å²) in [5.74, 6) is 0. The van der Waals surface area contributed by atoms with E-state index in [1.807, 2.05) is 30.3 Å². The maximum Gasteiger partial charge on any atom is 0.0629 e. The van der Waals surface area contributed by atoms with Crippen molar-refractivity contribution >= 4 is 43.1 Å². The van der Waals surface area contributed by atoms with Crippen LogP contribution in [-0.4, -0.2) is 0 Å². The summed E-state index contributed by atoms with van der Waals surface area (Å²) >= 11 is 7.81. The number of benzene rings is 3. The summed E-state index contributed by atoms with van der Waals surface area (Å²) in [6, 6.07) is 9.92. The van der Waals surface area contributed by atoms with Gasteiger partial charge in [0.25, 0.3) is 0 Å². The van der Waals surface area contributed by atoms with Gasteiger partial charge in [0.1, 0.15) is 0 Å². The third-order valence-electron chi connectivity index (χ3n) is 3.24. The lowest BCUT2D eigenvalue weighted by atomic mass is 10.0. The molecule has 0 N–H and O–H groups in total. The quantitative estimate of drug-likeness (QED) is 0.383. The Morgan fingerprint density at radius 3 is 2.60 bits per heavy atom. The molecule has 0 aliphatic rings. The van der Waals surface area contributed by atoms with Crippen LogP contribution in [0.4, 0.5) is 0 Å². The first-order valence-corrected chi connectivity index (χ1v) is 7.27. The van der Waals surface area contributed by atoms with Gasteiger partial charge in [0, 0.05) is 15.5 Å². The van der Waals surface area contributed by atoms with Crippen LogP contribution in [0.3, 0.4) is 0 Å². The van der Waals surface area contributed by atoms with E-state index in [2.05, 4.69) is 0 Å². The number of thiophene rings is 1. The van der Waals surface area contributed by atoms with E-state index in [4.69, 9.17) is 18.5 Å². The first-order valence-electron chi connectivity index (χ1n) is 8.58. The molecule has 0 saturated heterocycles.